The monoisotopic (exact) mass is 257 g/mol. The van der Waals surface area contributed by atoms with Gasteiger partial charge in [-0.15, -0.1) is 0 Å². The molecule has 0 heterocycles. The fourth-order valence-corrected chi connectivity index (χ4v) is 2.39. The molecule has 1 nitrogen and oxygen atoms in total. The van der Waals surface area contributed by atoms with E-state index in [0.29, 0.717) is 6.04 Å². The maximum absolute atomic E-state index is 5.01. The Hall–Kier alpha value is 0.620. The zero-order valence-electron chi connectivity index (χ0n) is 6.02. The minimum absolute atomic E-state index is 0.541. The highest BCUT2D eigenvalue weighted by Gasteiger charge is 2.05. The van der Waals surface area contributed by atoms with E-state index in [2.05, 4.69) is 41.3 Å². The molecule has 0 aromatic rings. The van der Waals surface area contributed by atoms with E-state index in [0.717, 1.165) is 9.54 Å². The Balaban J connectivity index is 3.83. The highest BCUT2D eigenvalue weighted by molar-refractivity contribution is 14.1. The molecule has 0 amide bonds. The van der Waals surface area contributed by atoms with Crippen molar-refractivity contribution in [3.63, 3.8) is 0 Å². The third-order valence-electron chi connectivity index (χ3n) is 1.16. The average Bonchev–Trinajstić information content (AvgIpc) is 1.64. The molecule has 0 aliphatic rings. The van der Waals surface area contributed by atoms with Gasteiger partial charge in [-0.05, 0) is 20.8 Å². The van der Waals surface area contributed by atoms with Crippen LogP contribution in [0.25, 0.3) is 0 Å². The summed E-state index contributed by atoms with van der Waals surface area (Å²) in [6.45, 7) is 6.26. The summed E-state index contributed by atoms with van der Waals surface area (Å²) in [4.78, 5) is 3.16. The molecule has 9 heavy (non-hydrogen) atoms. The van der Waals surface area contributed by atoms with Crippen molar-refractivity contribution in [2.24, 2.45) is 0 Å². The van der Waals surface area contributed by atoms with Gasteiger partial charge in [-0.1, -0.05) is 34.8 Å². The number of thiocarbonyl (C=S) groups is 1. The summed E-state index contributed by atoms with van der Waals surface area (Å²) in [6.07, 6.45) is 0. The van der Waals surface area contributed by atoms with Gasteiger partial charge in [0.25, 0.3) is 0 Å². The van der Waals surface area contributed by atoms with Gasteiger partial charge in [0.15, 0.2) is 0 Å². The van der Waals surface area contributed by atoms with E-state index in [1.54, 1.807) is 0 Å². The van der Waals surface area contributed by atoms with Crippen LogP contribution in [-0.2, 0) is 0 Å². The third-order valence-corrected chi connectivity index (χ3v) is 2.13. The molecule has 0 bridgehead atoms. The van der Waals surface area contributed by atoms with Crippen LogP contribution in [0.2, 0.25) is 0 Å². The van der Waals surface area contributed by atoms with E-state index < -0.39 is 0 Å². The summed E-state index contributed by atoms with van der Waals surface area (Å²) in [5.74, 6) is 0. The third kappa shape index (κ3) is 3.35. The number of nitrogens with zero attached hydrogens (tertiary/aromatic N) is 1. The average molecular weight is 257 g/mol. The Labute approximate surface area is 75.9 Å². The second kappa shape index (κ2) is 4.44. The maximum Gasteiger partial charge on any atom is 0.0756 e. The topological polar surface area (TPSA) is 3.24 Å². The molecule has 0 saturated heterocycles. The van der Waals surface area contributed by atoms with Crippen LogP contribution in [0, 0.1) is 0 Å². The summed E-state index contributed by atoms with van der Waals surface area (Å²) in [7, 11) is 0. The molecule has 0 aromatic carbocycles. The zero-order chi connectivity index (χ0) is 7.44. The van der Waals surface area contributed by atoms with Crippen LogP contribution in [-0.4, -0.2) is 20.5 Å². The van der Waals surface area contributed by atoms with Gasteiger partial charge in [0.05, 0.1) is 9.54 Å². The Morgan fingerprint density at radius 2 is 2.11 bits per heavy atom. The number of hydrogen-bond acceptors (Lipinski definition) is 1. The largest absolute Gasteiger partial charge is 0.355 e. The van der Waals surface area contributed by atoms with Crippen LogP contribution in [0.1, 0.15) is 20.8 Å². The summed E-state index contributed by atoms with van der Waals surface area (Å²) >= 11 is 7.33. The molecule has 0 aliphatic heterocycles. The molecule has 0 aliphatic carbocycles. The SMILES string of the molecule is CC(=S)N(CI)C(C)C. The first-order chi connectivity index (χ1) is 4.09. The maximum atomic E-state index is 5.01. The van der Waals surface area contributed by atoms with Crippen LogP contribution in [0.5, 0.6) is 0 Å². The second-order valence-electron chi connectivity index (χ2n) is 2.20. The van der Waals surface area contributed by atoms with Crippen LogP contribution in [0.4, 0.5) is 0 Å². The molecule has 54 valence electrons. The van der Waals surface area contributed by atoms with Gasteiger partial charge >= 0.3 is 0 Å². The molecule has 0 rings (SSSR count). The fraction of sp³-hybridized carbons (Fsp3) is 0.833. The van der Waals surface area contributed by atoms with Crippen molar-refractivity contribution in [1.82, 2.24) is 4.90 Å². The Morgan fingerprint density at radius 1 is 1.67 bits per heavy atom. The van der Waals surface area contributed by atoms with Gasteiger partial charge in [0.1, 0.15) is 0 Å². The number of alkyl halides is 1. The lowest BCUT2D eigenvalue weighted by molar-refractivity contribution is 0.415. The standard InChI is InChI=1S/C6H12INS/c1-5(2)8(4-7)6(3)9/h5H,4H2,1-3H3. The van der Waals surface area contributed by atoms with Gasteiger partial charge in [-0.25, -0.2) is 0 Å². The minimum Gasteiger partial charge on any atom is -0.355 e. The van der Waals surface area contributed by atoms with Crippen molar-refractivity contribution >= 4 is 39.8 Å². The van der Waals surface area contributed by atoms with Gasteiger partial charge in [-0.3, -0.25) is 0 Å². The molecule has 0 atom stereocenters. The van der Waals surface area contributed by atoms with Crippen molar-refractivity contribution in [1.29, 1.82) is 0 Å². The van der Waals surface area contributed by atoms with Gasteiger partial charge in [0, 0.05) is 6.04 Å². The fourth-order valence-electron chi connectivity index (χ4n) is 0.586. The lowest BCUT2D eigenvalue weighted by atomic mass is 10.3. The van der Waals surface area contributed by atoms with Gasteiger partial charge in [0.2, 0.25) is 0 Å². The predicted molar refractivity (Wildman–Crippen MR) is 54.1 cm³/mol. The first-order valence-electron chi connectivity index (χ1n) is 2.92. The van der Waals surface area contributed by atoms with E-state index in [4.69, 9.17) is 12.2 Å². The molecular formula is C6H12INS. The Kier molecular flexibility index (Phi) is 4.74. The summed E-state index contributed by atoms with van der Waals surface area (Å²) < 4.78 is 0.991. The normalized spacial score (nSPS) is 9.89. The second-order valence-corrected chi connectivity index (χ2v) is 3.48. The van der Waals surface area contributed by atoms with Crippen LogP contribution >= 0.6 is 34.8 Å². The van der Waals surface area contributed by atoms with Crippen molar-refractivity contribution in [2.75, 3.05) is 4.55 Å². The highest BCUT2D eigenvalue weighted by Crippen LogP contribution is 2.02. The number of hydrogen-bond donors (Lipinski definition) is 0. The molecule has 0 N–H and O–H groups in total. The van der Waals surface area contributed by atoms with E-state index in [-0.39, 0.29) is 0 Å². The Bertz CT molecular complexity index is 103. The van der Waals surface area contributed by atoms with Crippen molar-refractivity contribution < 1.29 is 0 Å². The van der Waals surface area contributed by atoms with Crippen LogP contribution < -0.4 is 0 Å². The minimum atomic E-state index is 0.541. The smallest absolute Gasteiger partial charge is 0.0756 e. The summed E-state index contributed by atoms with van der Waals surface area (Å²) in [5.41, 5.74) is 0. The summed E-state index contributed by atoms with van der Waals surface area (Å²) in [6, 6.07) is 0.541. The molecule has 0 fully saturated rings. The number of halogens is 1. The van der Waals surface area contributed by atoms with Gasteiger partial charge in [-0.2, -0.15) is 0 Å². The van der Waals surface area contributed by atoms with Crippen LogP contribution in [0.15, 0.2) is 0 Å². The molecule has 0 unspecified atom stereocenters. The number of rotatable bonds is 2. The van der Waals surface area contributed by atoms with E-state index >= 15 is 0 Å². The Morgan fingerprint density at radius 3 is 2.11 bits per heavy atom. The first-order valence-corrected chi connectivity index (χ1v) is 4.86. The van der Waals surface area contributed by atoms with Crippen LogP contribution in [0.3, 0.4) is 0 Å². The molecule has 3 heteroatoms. The molecule has 0 radical (unpaired) electrons. The highest BCUT2D eigenvalue weighted by atomic mass is 127. The molecule has 0 saturated carbocycles. The van der Waals surface area contributed by atoms with E-state index in [1.807, 2.05) is 6.92 Å². The quantitative estimate of drug-likeness (QED) is 0.323. The molecule has 0 aromatic heterocycles. The van der Waals surface area contributed by atoms with E-state index in [9.17, 15) is 0 Å². The molecule has 0 spiro atoms. The lowest BCUT2D eigenvalue weighted by Gasteiger charge is -2.24. The summed E-state index contributed by atoms with van der Waals surface area (Å²) in [5, 5.41) is 0. The predicted octanol–water partition coefficient (Wildman–Crippen LogP) is 2.44. The van der Waals surface area contributed by atoms with Gasteiger partial charge < -0.3 is 4.90 Å². The zero-order valence-corrected chi connectivity index (χ0v) is 8.99. The molecular weight excluding hydrogens is 245 g/mol. The van der Waals surface area contributed by atoms with Crippen molar-refractivity contribution in [3.8, 4) is 0 Å². The first kappa shape index (κ1) is 9.62. The lowest BCUT2D eigenvalue weighted by Crippen LogP contribution is -2.32. The van der Waals surface area contributed by atoms with Crippen molar-refractivity contribution in [3.05, 3.63) is 0 Å². The van der Waals surface area contributed by atoms with Crippen molar-refractivity contribution in [2.45, 2.75) is 26.8 Å². The van der Waals surface area contributed by atoms with E-state index in [1.165, 1.54) is 0 Å².